The zero-order chi connectivity index (χ0) is 14.5. The average Bonchev–Trinajstić information content (AvgIpc) is 2.44. The molecule has 1 atom stereocenters. The van der Waals surface area contributed by atoms with Crippen LogP contribution in [0.1, 0.15) is 18.5 Å². The molecule has 0 radical (unpaired) electrons. The van der Waals surface area contributed by atoms with Gasteiger partial charge in [0.25, 0.3) is 0 Å². The summed E-state index contributed by atoms with van der Waals surface area (Å²) in [4.78, 5) is 11.8. The Hall–Kier alpha value is -2.43. The number of rotatable bonds is 3. The van der Waals surface area contributed by atoms with Gasteiger partial charge in [0, 0.05) is 11.8 Å². The molecule has 0 saturated heterocycles. The summed E-state index contributed by atoms with van der Waals surface area (Å²) in [6.07, 6.45) is 0. The van der Waals surface area contributed by atoms with Gasteiger partial charge >= 0.3 is 6.03 Å². The van der Waals surface area contributed by atoms with E-state index in [-0.39, 0.29) is 11.7 Å². The number of benzene rings is 2. The predicted molar refractivity (Wildman–Crippen MR) is 73.4 cm³/mol. The summed E-state index contributed by atoms with van der Waals surface area (Å²) in [5, 5.41) is 5.17. The lowest BCUT2D eigenvalue weighted by Gasteiger charge is -2.15. The van der Waals surface area contributed by atoms with Crippen molar-refractivity contribution in [2.45, 2.75) is 13.0 Å². The van der Waals surface area contributed by atoms with Gasteiger partial charge in [-0.3, -0.25) is 0 Å². The Morgan fingerprint density at radius 3 is 2.40 bits per heavy atom. The van der Waals surface area contributed by atoms with Gasteiger partial charge in [-0.25, -0.2) is 13.6 Å². The molecule has 2 rings (SSSR count). The smallest absolute Gasteiger partial charge is 0.319 e. The van der Waals surface area contributed by atoms with E-state index >= 15 is 0 Å². The molecule has 2 aromatic rings. The lowest BCUT2D eigenvalue weighted by Crippen LogP contribution is -2.31. The highest BCUT2D eigenvalue weighted by Crippen LogP contribution is 2.14. The van der Waals surface area contributed by atoms with Crippen LogP contribution in [0, 0.1) is 11.6 Å². The van der Waals surface area contributed by atoms with Crippen molar-refractivity contribution in [1.82, 2.24) is 5.32 Å². The number of urea groups is 1. The summed E-state index contributed by atoms with van der Waals surface area (Å²) in [6, 6.07) is 11.9. The fraction of sp³-hybridized carbons (Fsp3) is 0.133. The molecule has 0 bridgehead atoms. The third-order valence-electron chi connectivity index (χ3n) is 2.82. The Labute approximate surface area is 115 Å². The standard InChI is InChI=1S/C15H14F2N2O/c1-10(11-5-3-2-4-6-11)18-15(20)19-12-7-8-13(16)14(17)9-12/h2-10H,1H3,(H2,18,19,20). The van der Waals surface area contributed by atoms with Gasteiger partial charge in [-0.1, -0.05) is 30.3 Å². The molecule has 0 saturated carbocycles. The molecule has 3 nitrogen and oxygen atoms in total. The Morgan fingerprint density at radius 1 is 1.05 bits per heavy atom. The minimum Gasteiger partial charge on any atom is -0.331 e. The summed E-state index contributed by atoms with van der Waals surface area (Å²) in [6.45, 7) is 1.83. The van der Waals surface area contributed by atoms with Crippen molar-refractivity contribution in [3.05, 3.63) is 65.7 Å². The summed E-state index contributed by atoms with van der Waals surface area (Å²) < 4.78 is 25.8. The third-order valence-corrected chi connectivity index (χ3v) is 2.82. The van der Waals surface area contributed by atoms with Crippen LogP contribution in [0.4, 0.5) is 19.3 Å². The second-order valence-corrected chi connectivity index (χ2v) is 4.36. The van der Waals surface area contributed by atoms with E-state index in [4.69, 9.17) is 0 Å². The maximum atomic E-state index is 13.0. The fourth-order valence-electron chi connectivity index (χ4n) is 1.76. The van der Waals surface area contributed by atoms with Crippen molar-refractivity contribution in [2.75, 3.05) is 5.32 Å². The molecular formula is C15H14F2N2O. The molecule has 0 aromatic heterocycles. The number of hydrogen-bond acceptors (Lipinski definition) is 1. The molecule has 0 aliphatic heterocycles. The molecular weight excluding hydrogens is 262 g/mol. The normalized spacial score (nSPS) is 11.8. The van der Waals surface area contributed by atoms with Gasteiger partial charge in [-0.15, -0.1) is 0 Å². The predicted octanol–water partition coefficient (Wildman–Crippen LogP) is 3.85. The molecule has 0 heterocycles. The van der Waals surface area contributed by atoms with Crippen molar-refractivity contribution >= 4 is 11.7 Å². The van der Waals surface area contributed by atoms with Crippen LogP contribution in [0.25, 0.3) is 0 Å². The van der Waals surface area contributed by atoms with Crippen molar-refractivity contribution < 1.29 is 13.6 Å². The highest BCUT2D eigenvalue weighted by atomic mass is 19.2. The van der Waals surface area contributed by atoms with E-state index in [1.807, 2.05) is 37.3 Å². The Kier molecular flexibility index (Phi) is 4.30. The first-order valence-electron chi connectivity index (χ1n) is 6.14. The van der Waals surface area contributed by atoms with E-state index < -0.39 is 17.7 Å². The zero-order valence-electron chi connectivity index (χ0n) is 10.9. The van der Waals surface area contributed by atoms with Gasteiger partial charge in [-0.05, 0) is 24.6 Å². The summed E-state index contributed by atoms with van der Waals surface area (Å²) in [5.74, 6) is -1.95. The number of nitrogens with one attached hydrogen (secondary N) is 2. The highest BCUT2D eigenvalue weighted by Gasteiger charge is 2.10. The zero-order valence-corrected chi connectivity index (χ0v) is 10.9. The molecule has 5 heteroatoms. The molecule has 0 fully saturated rings. The maximum absolute atomic E-state index is 13.0. The van der Waals surface area contributed by atoms with Crippen LogP contribution in [0.2, 0.25) is 0 Å². The van der Waals surface area contributed by atoms with E-state index in [1.54, 1.807) is 0 Å². The van der Waals surface area contributed by atoms with E-state index in [0.29, 0.717) is 0 Å². The third kappa shape index (κ3) is 3.54. The van der Waals surface area contributed by atoms with Crippen LogP contribution in [-0.2, 0) is 0 Å². The summed E-state index contributed by atoms with van der Waals surface area (Å²) >= 11 is 0. The van der Waals surface area contributed by atoms with Gasteiger partial charge in [0.05, 0.1) is 6.04 Å². The number of carbonyl (C=O) groups is 1. The van der Waals surface area contributed by atoms with E-state index in [9.17, 15) is 13.6 Å². The quantitative estimate of drug-likeness (QED) is 0.878. The number of halogens is 2. The van der Waals surface area contributed by atoms with E-state index in [2.05, 4.69) is 10.6 Å². The summed E-state index contributed by atoms with van der Waals surface area (Å²) in [5.41, 5.74) is 1.15. The number of anilines is 1. The molecule has 2 amide bonds. The van der Waals surface area contributed by atoms with Crippen LogP contribution in [-0.4, -0.2) is 6.03 Å². The van der Waals surface area contributed by atoms with Crippen molar-refractivity contribution in [1.29, 1.82) is 0 Å². The average molecular weight is 276 g/mol. The second-order valence-electron chi connectivity index (χ2n) is 4.36. The van der Waals surface area contributed by atoms with Gasteiger partial charge in [0.15, 0.2) is 11.6 Å². The van der Waals surface area contributed by atoms with Gasteiger partial charge in [0.2, 0.25) is 0 Å². The van der Waals surface area contributed by atoms with Gasteiger partial charge in [0.1, 0.15) is 0 Å². The number of hydrogen-bond donors (Lipinski definition) is 2. The SMILES string of the molecule is CC(NC(=O)Nc1ccc(F)c(F)c1)c1ccccc1. The summed E-state index contributed by atoms with van der Waals surface area (Å²) in [7, 11) is 0. The van der Waals surface area contributed by atoms with Crippen LogP contribution < -0.4 is 10.6 Å². The molecule has 0 aliphatic rings. The largest absolute Gasteiger partial charge is 0.331 e. The number of carbonyl (C=O) groups excluding carboxylic acids is 1. The van der Waals surface area contributed by atoms with E-state index in [0.717, 1.165) is 17.7 Å². The van der Waals surface area contributed by atoms with Crippen molar-refractivity contribution in [3.8, 4) is 0 Å². The molecule has 0 spiro atoms. The molecule has 1 unspecified atom stereocenters. The molecule has 0 aliphatic carbocycles. The first kappa shape index (κ1) is 14.0. The molecule has 2 N–H and O–H groups in total. The second kappa shape index (κ2) is 6.14. The number of amides is 2. The van der Waals surface area contributed by atoms with Crippen LogP contribution in [0.15, 0.2) is 48.5 Å². The monoisotopic (exact) mass is 276 g/mol. The first-order chi connectivity index (χ1) is 9.56. The van der Waals surface area contributed by atoms with Crippen LogP contribution >= 0.6 is 0 Å². The lowest BCUT2D eigenvalue weighted by molar-refractivity contribution is 0.249. The van der Waals surface area contributed by atoms with Crippen LogP contribution in [0.5, 0.6) is 0 Å². The first-order valence-corrected chi connectivity index (χ1v) is 6.14. The fourth-order valence-corrected chi connectivity index (χ4v) is 1.76. The molecule has 20 heavy (non-hydrogen) atoms. The highest BCUT2D eigenvalue weighted by molar-refractivity contribution is 5.89. The van der Waals surface area contributed by atoms with Crippen LogP contribution in [0.3, 0.4) is 0 Å². The van der Waals surface area contributed by atoms with E-state index in [1.165, 1.54) is 6.07 Å². The topological polar surface area (TPSA) is 41.1 Å². The minimum atomic E-state index is -1.00. The minimum absolute atomic E-state index is 0.193. The Morgan fingerprint density at radius 2 is 1.75 bits per heavy atom. The van der Waals surface area contributed by atoms with Crippen molar-refractivity contribution in [3.63, 3.8) is 0 Å². The lowest BCUT2D eigenvalue weighted by atomic mass is 10.1. The maximum Gasteiger partial charge on any atom is 0.319 e. The van der Waals surface area contributed by atoms with Gasteiger partial charge in [-0.2, -0.15) is 0 Å². The molecule has 2 aromatic carbocycles. The Balaban J connectivity index is 1.97. The van der Waals surface area contributed by atoms with Gasteiger partial charge < -0.3 is 10.6 Å². The molecule has 104 valence electrons. The van der Waals surface area contributed by atoms with Crippen molar-refractivity contribution in [2.24, 2.45) is 0 Å². The Bertz CT molecular complexity index is 602.